The van der Waals surface area contributed by atoms with Gasteiger partial charge in [-0.2, -0.15) is 30.7 Å². The third-order valence-corrected chi connectivity index (χ3v) is 13.7. The first-order valence-corrected chi connectivity index (χ1v) is 20.1. The number of methoxy groups -OCH3 is 1. The van der Waals surface area contributed by atoms with Crippen molar-refractivity contribution in [2.75, 3.05) is 20.3 Å². The summed E-state index contributed by atoms with van der Waals surface area (Å²) in [5, 5.41) is 17.5. The number of carbonyl (C=O) groups is 4. The lowest BCUT2D eigenvalue weighted by molar-refractivity contribution is -0.175. The highest BCUT2D eigenvalue weighted by Gasteiger charge is 2.52. The summed E-state index contributed by atoms with van der Waals surface area (Å²) in [6, 6.07) is 3.86. The summed E-state index contributed by atoms with van der Waals surface area (Å²) in [6.07, 6.45) is -8.12. The summed E-state index contributed by atoms with van der Waals surface area (Å²) >= 11 is 5.86. The lowest BCUT2D eigenvalue weighted by Gasteiger charge is -2.37. The molecule has 2 aromatic rings. The molecule has 0 aliphatic rings. The highest BCUT2D eigenvalue weighted by atomic mass is 35.5. The van der Waals surface area contributed by atoms with E-state index in [-0.39, 0.29) is 16.3 Å². The van der Waals surface area contributed by atoms with Crippen LogP contribution in [0.3, 0.4) is 0 Å². The van der Waals surface area contributed by atoms with Crippen LogP contribution >= 0.6 is 11.6 Å². The van der Waals surface area contributed by atoms with Gasteiger partial charge in [-0.15, -0.1) is 0 Å². The second kappa shape index (κ2) is 18.3. The zero-order valence-corrected chi connectivity index (χ0v) is 33.1. The van der Waals surface area contributed by atoms with E-state index in [1.165, 1.54) is 57.4 Å². The maximum Gasteiger partial charge on any atom is 0.405 e. The second-order valence-corrected chi connectivity index (χ2v) is 19.8. The number of alkyl halides is 7. The van der Waals surface area contributed by atoms with Gasteiger partial charge in [0.1, 0.15) is 30.5 Å². The molecule has 0 aromatic heterocycles. The number of carbonyl (C=O) groups excluding carboxylic acids is 4. The molecule has 0 fully saturated rings. The van der Waals surface area contributed by atoms with Gasteiger partial charge in [0.25, 0.3) is 11.8 Å². The van der Waals surface area contributed by atoms with Crippen LogP contribution in [0.4, 0.5) is 30.7 Å². The molecule has 0 radical (unpaired) electrons. The third-order valence-electron chi connectivity index (χ3n) is 9.00. The second-order valence-electron chi connectivity index (χ2n) is 14.5. The predicted octanol–water partition coefficient (Wildman–Crippen LogP) is 5.62. The zero-order valence-electron chi connectivity index (χ0n) is 31.3. The number of aliphatic hydroxyl groups excluding tert-OH is 1. The number of hydrogen-bond acceptors (Lipinski definition) is 7. The molecular weight excluding hydrogens is 785 g/mol. The molecule has 0 aliphatic heterocycles. The molecule has 55 heavy (non-hydrogen) atoms. The van der Waals surface area contributed by atoms with Crippen LogP contribution in [0.15, 0.2) is 48.5 Å². The number of benzene rings is 2. The number of aliphatic hydroxyl groups is 1. The van der Waals surface area contributed by atoms with Gasteiger partial charge in [-0.1, -0.05) is 70.5 Å². The Bertz CT molecular complexity index is 1660. The highest BCUT2D eigenvalue weighted by molar-refractivity contribution is 6.74. The minimum Gasteiger partial charge on any atom is -0.497 e. The van der Waals surface area contributed by atoms with Crippen molar-refractivity contribution in [3.05, 3.63) is 64.7 Å². The van der Waals surface area contributed by atoms with Crippen LogP contribution in [0.2, 0.25) is 23.2 Å². The molecule has 5 N–H and O–H groups in total. The summed E-state index contributed by atoms with van der Waals surface area (Å²) in [7, 11) is -1.40. The Labute approximate surface area is 320 Å². The van der Waals surface area contributed by atoms with E-state index in [2.05, 4.69) is 10.6 Å². The molecule has 0 aliphatic carbocycles. The van der Waals surface area contributed by atoms with Crippen molar-refractivity contribution in [2.24, 2.45) is 5.92 Å². The van der Waals surface area contributed by atoms with E-state index in [1.807, 2.05) is 26.1 Å². The minimum absolute atomic E-state index is 0.0297. The lowest BCUT2D eigenvalue weighted by atomic mass is 9.93. The van der Waals surface area contributed by atoms with Gasteiger partial charge in [0, 0.05) is 10.6 Å². The standard InChI is InChI=1S/C35H46ClF7N4O7Si/c1-19(2)25(27(48)35(42,43)30(51)44-18-33(37,38)39)46-29(50)26(20-12-14-23(53-6)15-13-20)47-28(49)24(17-54-55(7,8)32(3,4)5)45-31(52)34(40,41)21-10-9-11-22(36)16-21/h9-16,19,24-27,48H,17-18H2,1-8H3,(H,44,51)(H,45,52)(H,46,50)(H,47,49). The van der Waals surface area contributed by atoms with E-state index in [4.69, 9.17) is 20.8 Å². The van der Waals surface area contributed by atoms with E-state index < -0.39 is 104 Å². The fraction of sp³-hybridized carbons (Fsp3) is 0.543. The van der Waals surface area contributed by atoms with Crippen LogP contribution in [0.1, 0.15) is 51.8 Å². The van der Waals surface area contributed by atoms with Gasteiger partial charge in [0.05, 0.1) is 19.8 Å². The van der Waals surface area contributed by atoms with E-state index in [0.717, 1.165) is 17.4 Å². The lowest BCUT2D eigenvalue weighted by Crippen LogP contribution is -2.61. The first kappa shape index (κ1) is 47.2. The van der Waals surface area contributed by atoms with Crippen LogP contribution in [0, 0.1) is 5.92 Å². The van der Waals surface area contributed by atoms with Gasteiger partial charge in [0.2, 0.25) is 11.8 Å². The molecule has 0 spiro atoms. The molecule has 308 valence electrons. The van der Waals surface area contributed by atoms with Crippen LogP contribution in [0.25, 0.3) is 0 Å². The van der Waals surface area contributed by atoms with Crippen molar-refractivity contribution in [1.29, 1.82) is 0 Å². The fourth-order valence-electron chi connectivity index (χ4n) is 4.61. The molecule has 20 heteroatoms. The SMILES string of the molecule is COc1ccc(C(NC(=O)C(CO[Si](C)(C)C(C)(C)C)NC(=O)C(F)(F)c2cccc(Cl)c2)C(=O)NC(C(C)C)C(O)C(F)(F)C(=O)NCC(F)(F)F)cc1. The number of amides is 4. The average Bonchev–Trinajstić information content (AvgIpc) is 3.08. The Morgan fingerprint density at radius 2 is 1.44 bits per heavy atom. The van der Waals surface area contributed by atoms with Crippen molar-refractivity contribution in [3.8, 4) is 5.75 Å². The van der Waals surface area contributed by atoms with Crippen molar-refractivity contribution in [3.63, 3.8) is 0 Å². The van der Waals surface area contributed by atoms with Gasteiger partial charge in [-0.05, 0) is 53.9 Å². The van der Waals surface area contributed by atoms with Crippen molar-refractivity contribution < 1.29 is 64.2 Å². The van der Waals surface area contributed by atoms with E-state index in [1.54, 1.807) is 13.1 Å². The largest absolute Gasteiger partial charge is 0.497 e. The van der Waals surface area contributed by atoms with Gasteiger partial charge < -0.3 is 35.5 Å². The zero-order chi connectivity index (χ0) is 42.3. The van der Waals surface area contributed by atoms with Crippen molar-refractivity contribution in [2.45, 2.75) is 95.0 Å². The van der Waals surface area contributed by atoms with Crippen LogP contribution in [-0.4, -0.2) is 87.6 Å². The molecule has 4 atom stereocenters. The number of halogens is 8. The number of ether oxygens (including phenoxy) is 1. The summed E-state index contributed by atoms with van der Waals surface area (Å²) in [5.41, 5.74) is -0.822. The number of hydrogen-bond donors (Lipinski definition) is 5. The average molecular weight is 831 g/mol. The molecule has 11 nitrogen and oxygen atoms in total. The van der Waals surface area contributed by atoms with Gasteiger partial charge in [-0.3, -0.25) is 19.2 Å². The monoisotopic (exact) mass is 830 g/mol. The molecular formula is C35H46ClF7N4O7Si. The van der Waals surface area contributed by atoms with E-state index in [9.17, 15) is 37.5 Å². The number of nitrogens with one attached hydrogen (secondary N) is 4. The number of rotatable bonds is 17. The molecule has 0 saturated carbocycles. The quantitative estimate of drug-likeness (QED) is 0.103. The van der Waals surface area contributed by atoms with Crippen LogP contribution in [0.5, 0.6) is 5.75 Å². The topological polar surface area (TPSA) is 155 Å². The Hall–Kier alpha value is -3.94. The summed E-state index contributed by atoms with van der Waals surface area (Å²) < 4.78 is 110. The van der Waals surface area contributed by atoms with E-state index in [0.29, 0.717) is 0 Å². The Balaban J connectivity index is 2.55. The van der Waals surface area contributed by atoms with Crippen molar-refractivity contribution >= 4 is 43.5 Å². The molecule has 0 heterocycles. The Morgan fingerprint density at radius 3 is 1.93 bits per heavy atom. The fourth-order valence-corrected chi connectivity index (χ4v) is 5.82. The third kappa shape index (κ3) is 12.8. The molecule has 2 rings (SSSR count). The van der Waals surface area contributed by atoms with Crippen LogP contribution < -0.4 is 26.0 Å². The smallest absolute Gasteiger partial charge is 0.405 e. The Kier molecular flexibility index (Phi) is 15.7. The first-order chi connectivity index (χ1) is 25.0. The summed E-state index contributed by atoms with van der Waals surface area (Å²) in [5.74, 6) is -16.8. The minimum atomic E-state index is -5.05. The maximum atomic E-state index is 15.4. The highest BCUT2D eigenvalue weighted by Crippen LogP contribution is 2.37. The molecule has 0 saturated heterocycles. The first-order valence-electron chi connectivity index (χ1n) is 16.8. The van der Waals surface area contributed by atoms with Crippen molar-refractivity contribution in [1.82, 2.24) is 21.3 Å². The molecule has 2 aromatic carbocycles. The summed E-state index contributed by atoms with van der Waals surface area (Å²) in [4.78, 5) is 53.0. The Morgan fingerprint density at radius 1 is 0.855 bits per heavy atom. The van der Waals surface area contributed by atoms with Gasteiger partial charge >= 0.3 is 18.0 Å². The molecule has 4 unspecified atom stereocenters. The normalized spacial score (nSPS) is 15.0. The predicted molar refractivity (Wildman–Crippen MR) is 191 cm³/mol. The van der Waals surface area contributed by atoms with Gasteiger partial charge in [0.15, 0.2) is 8.32 Å². The van der Waals surface area contributed by atoms with Gasteiger partial charge in [-0.25, -0.2) is 0 Å². The van der Waals surface area contributed by atoms with E-state index >= 15 is 17.6 Å². The molecule has 4 amide bonds. The summed E-state index contributed by atoms with van der Waals surface area (Å²) in [6.45, 7) is 8.87. The molecule has 0 bridgehead atoms. The van der Waals surface area contributed by atoms with Crippen LogP contribution in [-0.2, 0) is 29.5 Å². The maximum absolute atomic E-state index is 15.4.